The molecule has 0 amide bonds. The van der Waals surface area contributed by atoms with Crippen molar-refractivity contribution in [2.45, 2.75) is 44.6 Å². The lowest BCUT2D eigenvalue weighted by molar-refractivity contribution is 0.0827. The molecule has 3 saturated heterocycles. The van der Waals surface area contributed by atoms with Gasteiger partial charge in [0.05, 0.1) is 4.90 Å². The van der Waals surface area contributed by atoms with Crippen molar-refractivity contribution in [2.24, 2.45) is 5.92 Å². The molecule has 3 heterocycles. The van der Waals surface area contributed by atoms with E-state index >= 15 is 0 Å². The van der Waals surface area contributed by atoms with Crippen LogP contribution in [0.2, 0.25) is 0 Å². The van der Waals surface area contributed by atoms with Crippen LogP contribution in [0.3, 0.4) is 0 Å². The Balaban J connectivity index is 1.86. The first-order valence-electron chi connectivity index (χ1n) is 7.69. The van der Waals surface area contributed by atoms with Gasteiger partial charge in [-0.25, -0.2) is 13.1 Å². The van der Waals surface area contributed by atoms with Crippen LogP contribution in [0.4, 0.5) is 0 Å². The van der Waals surface area contributed by atoms with Crippen LogP contribution in [0, 0.1) is 26.7 Å². The monoisotopic (exact) mass is 308 g/mol. The van der Waals surface area contributed by atoms with Crippen LogP contribution < -0.4 is 4.72 Å². The molecule has 2 bridgehead atoms. The summed E-state index contributed by atoms with van der Waals surface area (Å²) in [7, 11) is -3.43. The first kappa shape index (κ1) is 15.0. The number of rotatable bonds is 3. The summed E-state index contributed by atoms with van der Waals surface area (Å²) in [6, 6.07) is 3.83. The van der Waals surface area contributed by atoms with Gasteiger partial charge >= 0.3 is 0 Å². The maximum Gasteiger partial charge on any atom is 0.241 e. The number of nitrogens with zero attached hydrogens (tertiary/aromatic N) is 1. The quantitative estimate of drug-likeness (QED) is 0.929. The van der Waals surface area contributed by atoms with Crippen LogP contribution in [0.5, 0.6) is 0 Å². The molecule has 3 aliphatic heterocycles. The maximum absolute atomic E-state index is 12.7. The van der Waals surface area contributed by atoms with Gasteiger partial charge in [-0.3, -0.25) is 0 Å². The molecule has 0 saturated carbocycles. The van der Waals surface area contributed by atoms with Gasteiger partial charge in [0.2, 0.25) is 10.0 Å². The maximum atomic E-state index is 12.7. The van der Waals surface area contributed by atoms with E-state index in [1.807, 2.05) is 26.8 Å². The summed E-state index contributed by atoms with van der Waals surface area (Å²) in [5, 5.41) is 0. The van der Waals surface area contributed by atoms with Crippen LogP contribution in [0.25, 0.3) is 0 Å². The second-order valence-corrected chi connectivity index (χ2v) is 8.25. The van der Waals surface area contributed by atoms with E-state index in [1.165, 1.54) is 0 Å². The fraction of sp³-hybridized carbons (Fsp3) is 0.625. The molecule has 116 valence electrons. The molecule has 0 spiro atoms. The van der Waals surface area contributed by atoms with Gasteiger partial charge in [0.15, 0.2) is 0 Å². The number of hydrogen-bond donors (Lipinski definition) is 1. The zero-order chi connectivity index (χ0) is 15.2. The average molecular weight is 308 g/mol. The molecule has 1 unspecified atom stereocenters. The highest BCUT2D eigenvalue weighted by atomic mass is 32.2. The van der Waals surface area contributed by atoms with Gasteiger partial charge in [0.25, 0.3) is 0 Å². The molecule has 0 aliphatic carbocycles. The second-order valence-electron chi connectivity index (χ2n) is 6.57. The van der Waals surface area contributed by atoms with E-state index in [4.69, 9.17) is 0 Å². The van der Waals surface area contributed by atoms with Crippen LogP contribution >= 0.6 is 0 Å². The van der Waals surface area contributed by atoms with Gasteiger partial charge in [-0.1, -0.05) is 6.07 Å². The normalized spacial score (nSPS) is 28.8. The van der Waals surface area contributed by atoms with E-state index in [1.54, 1.807) is 6.07 Å². The third kappa shape index (κ3) is 2.87. The van der Waals surface area contributed by atoms with Gasteiger partial charge in [-0.2, -0.15) is 0 Å². The molecule has 1 aromatic carbocycles. The molecular formula is C16H24N2O2S. The summed E-state index contributed by atoms with van der Waals surface area (Å²) < 4.78 is 28.4. The van der Waals surface area contributed by atoms with Gasteiger partial charge in [-0.15, -0.1) is 0 Å². The average Bonchev–Trinajstić information content (AvgIpc) is 2.43. The van der Waals surface area contributed by atoms with Crippen LogP contribution in [-0.2, 0) is 10.0 Å². The molecule has 1 N–H and O–H groups in total. The summed E-state index contributed by atoms with van der Waals surface area (Å²) in [5.41, 5.74) is 2.98. The number of benzene rings is 1. The van der Waals surface area contributed by atoms with Crippen molar-refractivity contribution >= 4 is 10.0 Å². The van der Waals surface area contributed by atoms with Gasteiger partial charge in [-0.05, 0) is 75.4 Å². The minimum Gasteiger partial charge on any atom is -0.302 e. The molecule has 5 heteroatoms. The molecule has 0 aromatic heterocycles. The van der Waals surface area contributed by atoms with Crippen LogP contribution in [-0.4, -0.2) is 39.0 Å². The minimum atomic E-state index is -3.43. The standard InChI is InChI=1S/C16H24N2O2S/c1-11-8-13(3)16(9-12(11)2)21(19,20)17-15-10-18-6-4-14(15)5-7-18/h8-9,14-15,17H,4-7,10H2,1-3H3. The summed E-state index contributed by atoms with van der Waals surface area (Å²) in [6.07, 6.45) is 2.22. The fourth-order valence-corrected chi connectivity index (χ4v) is 5.19. The van der Waals surface area contributed by atoms with Crippen LogP contribution in [0.15, 0.2) is 17.0 Å². The first-order chi connectivity index (χ1) is 9.87. The Morgan fingerprint density at radius 1 is 1.05 bits per heavy atom. The Bertz CT molecular complexity index is 646. The summed E-state index contributed by atoms with van der Waals surface area (Å²) in [6.45, 7) is 8.93. The Morgan fingerprint density at radius 3 is 2.24 bits per heavy atom. The second kappa shape index (κ2) is 5.38. The molecule has 3 aliphatic rings. The zero-order valence-corrected chi connectivity index (χ0v) is 13.8. The Kier molecular flexibility index (Phi) is 3.84. The fourth-order valence-electron chi connectivity index (χ4n) is 3.58. The lowest BCUT2D eigenvalue weighted by Crippen LogP contribution is -2.57. The molecule has 3 fully saturated rings. The molecule has 0 radical (unpaired) electrons. The van der Waals surface area contributed by atoms with E-state index < -0.39 is 10.0 Å². The van der Waals surface area contributed by atoms with Crippen molar-refractivity contribution in [1.29, 1.82) is 0 Å². The number of nitrogens with one attached hydrogen (secondary N) is 1. The van der Waals surface area contributed by atoms with Crippen molar-refractivity contribution in [2.75, 3.05) is 19.6 Å². The summed E-state index contributed by atoms with van der Waals surface area (Å²) >= 11 is 0. The first-order valence-corrected chi connectivity index (χ1v) is 9.17. The number of fused-ring (bicyclic) bond motifs is 3. The van der Waals surface area contributed by atoms with E-state index in [0.717, 1.165) is 49.2 Å². The van der Waals surface area contributed by atoms with Crippen molar-refractivity contribution in [3.63, 3.8) is 0 Å². The van der Waals surface area contributed by atoms with Crippen molar-refractivity contribution < 1.29 is 8.42 Å². The van der Waals surface area contributed by atoms with E-state index in [-0.39, 0.29) is 6.04 Å². The highest BCUT2D eigenvalue weighted by Gasteiger charge is 2.36. The SMILES string of the molecule is Cc1cc(C)c(S(=O)(=O)NC2CN3CCC2CC3)cc1C. The Morgan fingerprint density at radius 2 is 1.67 bits per heavy atom. The van der Waals surface area contributed by atoms with Crippen molar-refractivity contribution in [3.05, 3.63) is 28.8 Å². The highest BCUT2D eigenvalue weighted by Crippen LogP contribution is 2.29. The van der Waals surface area contributed by atoms with Crippen molar-refractivity contribution in [1.82, 2.24) is 9.62 Å². The third-order valence-electron chi connectivity index (χ3n) is 5.04. The van der Waals surface area contributed by atoms with Gasteiger partial charge in [0.1, 0.15) is 0 Å². The number of aryl methyl sites for hydroxylation is 3. The van der Waals surface area contributed by atoms with Gasteiger partial charge in [0, 0.05) is 12.6 Å². The zero-order valence-electron chi connectivity index (χ0n) is 13.0. The Labute approximate surface area is 127 Å². The number of hydrogen-bond acceptors (Lipinski definition) is 3. The highest BCUT2D eigenvalue weighted by molar-refractivity contribution is 7.89. The van der Waals surface area contributed by atoms with E-state index in [2.05, 4.69) is 9.62 Å². The smallest absolute Gasteiger partial charge is 0.241 e. The Hall–Kier alpha value is -0.910. The van der Waals surface area contributed by atoms with E-state index in [0.29, 0.717) is 10.8 Å². The molecule has 1 aromatic rings. The number of sulfonamides is 1. The summed E-state index contributed by atoms with van der Waals surface area (Å²) in [4.78, 5) is 2.79. The molecule has 4 nitrogen and oxygen atoms in total. The molecule has 4 rings (SSSR count). The van der Waals surface area contributed by atoms with Crippen LogP contribution in [0.1, 0.15) is 29.5 Å². The van der Waals surface area contributed by atoms with Gasteiger partial charge < -0.3 is 4.90 Å². The lowest BCUT2D eigenvalue weighted by atomic mass is 9.85. The predicted molar refractivity (Wildman–Crippen MR) is 83.9 cm³/mol. The molecule has 21 heavy (non-hydrogen) atoms. The lowest BCUT2D eigenvalue weighted by Gasteiger charge is -2.44. The number of piperidine rings is 3. The van der Waals surface area contributed by atoms with E-state index in [9.17, 15) is 8.42 Å². The molecular weight excluding hydrogens is 284 g/mol. The van der Waals surface area contributed by atoms with Crippen molar-refractivity contribution in [3.8, 4) is 0 Å². The summed E-state index contributed by atoms with van der Waals surface area (Å²) in [5.74, 6) is 0.497. The molecule has 1 atom stereocenters. The topological polar surface area (TPSA) is 49.4 Å². The predicted octanol–water partition coefficient (Wildman–Crippen LogP) is 1.98. The minimum absolute atomic E-state index is 0.0681. The third-order valence-corrected chi connectivity index (χ3v) is 6.68. The largest absolute Gasteiger partial charge is 0.302 e.